The zero-order chi connectivity index (χ0) is 8.43. The molecule has 3 nitrogen and oxygen atoms in total. The van der Waals surface area contributed by atoms with Crippen molar-refractivity contribution in [1.82, 2.24) is 4.90 Å². The predicted molar refractivity (Wildman–Crippen MR) is 39.4 cm³/mol. The van der Waals surface area contributed by atoms with E-state index in [1.807, 2.05) is 0 Å². The molecule has 3 heteroatoms. The summed E-state index contributed by atoms with van der Waals surface area (Å²) < 4.78 is 0. The lowest BCUT2D eigenvalue weighted by Crippen LogP contribution is -2.35. The second-order valence-corrected chi connectivity index (χ2v) is 2.50. The average molecular weight is 151 g/mol. The standard InChI is InChI=1S/C8H9NO2/c1-3-7-4-5-8(11)9(7)6(2)10/h1,7H,4-5H2,2H3/t7-/m0/s1. The monoisotopic (exact) mass is 151 g/mol. The quantitative estimate of drug-likeness (QED) is 0.462. The van der Waals surface area contributed by atoms with E-state index in [1.165, 1.54) is 6.92 Å². The van der Waals surface area contributed by atoms with Crippen molar-refractivity contribution in [3.05, 3.63) is 0 Å². The summed E-state index contributed by atoms with van der Waals surface area (Å²) >= 11 is 0. The molecule has 0 N–H and O–H groups in total. The molecule has 0 bridgehead atoms. The molecular formula is C8H9NO2. The fourth-order valence-corrected chi connectivity index (χ4v) is 1.24. The third-order valence-electron chi connectivity index (χ3n) is 1.74. The van der Waals surface area contributed by atoms with Gasteiger partial charge in [-0.25, -0.2) is 0 Å². The molecule has 0 unspecified atom stereocenters. The molecule has 0 aromatic rings. The summed E-state index contributed by atoms with van der Waals surface area (Å²) in [6.07, 6.45) is 6.13. The van der Waals surface area contributed by atoms with Crippen molar-refractivity contribution in [3.8, 4) is 12.3 Å². The lowest BCUT2D eigenvalue weighted by molar-refractivity contribution is -0.141. The maximum absolute atomic E-state index is 11.0. The van der Waals surface area contributed by atoms with Crippen LogP contribution in [0.25, 0.3) is 0 Å². The lowest BCUT2D eigenvalue weighted by Gasteiger charge is -2.15. The van der Waals surface area contributed by atoms with Crippen LogP contribution >= 0.6 is 0 Å². The average Bonchev–Trinajstić information content (AvgIpc) is 2.30. The van der Waals surface area contributed by atoms with E-state index >= 15 is 0 Å². The van der Waals surface area contributed by atoms with Gasteiger partial charge in [-0.1, -0.05) is 5.92 Å². The van der Waals surface area contributed by atoms with Gasteiger partial charge in [-0.15, -0.1) is 6.42 Å². The Hall–Kier alpha value is -1.30. The highest BCUT2D eigenvalue weighted by atomic mass is 16.2. The maximum atomic E-state index is 11.0. The van der Waals surface area contributed by atoms with Crippen LogP contribution in [0.4, 0.5) is 0 Å². The van der Waals surface area contributed by atoms with Crippen molar-refractivity contribution < 1.29 is 9.59 Å². The van der Waals surface area contributed by atoms with Crippen molar-refractivity contribution in [1.29, 1.82) is 0 Å². The molecule has 1 heterocycles. The second-order valence-electron chi connectivity index (χ2n) is 2.50. The number of carbonyl (C=O) groups is 2. The molecule has 11 heavy (non-hydrogen) atoms. The summed E-state index contributed by atoms with van der Waals surface area (Å²) in [6, 6.07) is -0.306. The topological polar surface area (TPSA) is 37.4 Å². The summed E-state index contributed by atoms with van der Waals surface area (Å²) in [5.41, 5.74) is 0. The number of rotatable bonds is 0. The van der Waals surface area contributed by atoms with Crippen LogP contribution in [-0.2, 0) is 9.59 Å². The van der Waals surface area contributed by atoms with Crippen LogP contribution in [0.5, 0.6) is 0 Å². The molecule has 0 aliphatic carbocycles. The minimum Gasteiger partial charge on any atom is -0.275 e. The predicted octanol–water partition coefficient (Wildman–Crippen LogP) is 0.157. The van der Waals surface area contributed by atoms with E-state index in [1.54, 1.807) is 0 Å². The molecule has 1 aliphatic rings. The largest absolute Gasteiger partial charge is 0.275 e. The van der Waals surface area contributed by atoms with Crippen LogP contribution < -0.4 is 0 Å². The Kier molecular flexibility index (Phi) is 1.95. The van der Waals surface area contributed by atoms with Gasteiger partial charge in [-0.3, -0.25) is 14.5 Å². The molecule has 0 aromatic carbocycles. The van der Waals surface area contributed by atoms with Gasteiger partial charge in [0.1, 0.15) is 6.04 Å². The van der Waals surface area contributed by atoms with Gasteiger partial charge in [0.05, 0.1) is 0 Å². The normalized spacial score (nSPS) is 23.5. The number of terminal acetylenes is 1. The number of nitrogens with zero attached hydrogens (tertiary/aromatic N) is 1. The van der Waals surface area contributed by atoms with E-state index in [9.17, 15) is 9.59 Å². The molecule has 0 spiro atoms. The molecular weight excluding hydrogens is 142 g/mol. The summed E-state index contributed by atoms with van der Waals surface area (Å²) in [5, 5.41) is 0. The van der Waals surface area contributed by atoms with Crippen LogP contribution in [-0.4, -0.2) is 22.8 Å². The van der Waals surface area contributed by atoms with Gasteiger partial charge in [0.15, 0.2) is 0 Å². The minimum atomic E-state index is -0.306. The molecule has 0 radical (unpaired) electrons. The van der Waals surface area contributed by atoms with Crippen molar-refractivity contribution in [2.45, 2.75) is 25.8 Å². The first kappa shape index (κ1) is 7.80. The van der Waals surface area contributed by atoms with E-state index in [4.69, 9.17) is 6.42 Å². The van der Waals surface area contributed by atoms with Gasteiger partial charge in [0, 0.05) is 13.3 Å². The second kappa shape index (κ2) is 2.75. The Labute approximate surface area is 65.4 Å². The fourth-order valence-electron chi connectivity index (χ4n) is 1.24. The third-order valence-corrected chi connectivity index (χ3v) is 1.74. The highest BCUT2D eigenvalue weighted by molar-refractivity contribution is 5.96. The molecule has 1 saturated heterocycles. The van der Waals surface area contributed by atoms with Gasteiger partial charge in [-0.05, 0) is 6.42 Å². The third kappa shape index (κ3) is 1.25. The highest BCUT2D eigenvalue weighted by Gasteiger charge is 2.32. The summed E-state index contributed by atoms with van der Waals surface area (Å²) in [7, 11) is 0. The van der Waals surface area contributed by atoms with E-state index in [2.05, 4.69) is 5.92 Å². The van der Waals surface area contributed by atoms with Crippen LogP contribution in [0.15, 0.2) is 0 Å². The van der Waals surface area contributed by atoms with E-state index in [0.717, 1.165) is 4.90 Å². The lowest BCUT2D eigenvalue weighted by atomic mass is 10.2. The Morgan fingerprint density at radius 3 is 2.82 bits per heavy atom. The number of hydrogen-bond donors (Lipinski definition) is 0. The summed E-state index contributed by atoms with van der Waals surface area (Å²) in [4.78, 5) is 23.0. The maximum Gasteiger partial charge on any atom is 0.230 e. The van der Waals surface area contributed by atoms with Gasteiger partial charge in [-0.2, -0.15) is 0 Å². The number of likely N-dealkylation sites (tertiary alicyclic amines) is 1. The first-order valence-electron chi connectivity index (χ1n) is 3.45. The smallest absolute Gasteiger partial charge is 0.230 e. The van der Waals surface area contributed by atoms with Crippen molar-refractivity contribution >= 4 is 11.8 Å². The number of carbonyl (C=O) groups excluding carboxylic acids is 2. The van der Waals surface area contributed by atoms with Crippen LogP contribution in [0.3, 0.4) is 0 Å². The zero-order valence-corrected chi connectivity index (χ0v) is 6.33. The van der Waals surface area contributed by atoms with Gasteiger partial charge in [0.25, 0.3) is 0 Å². The van der Waals surface area contributed by atoms with E-state index in [0.29, 0.717) is 12.8 Å². The van der Waals surface area contributed by atoms with Crippen molar-refractivity contribution in [3.63, 3.8) is 0 Å². The van der Waals surface area contributed by atoms with Crippen molar-refractivity contribution in [2.24, 2.45) is 0 Å². The minimum absolute atomic E-state index is 0.152. The zero-order valence-electron chi connectivity index (χ0n) is 6.33. The molecule has 1 rings (SSSR count). The number of amides is 2. The first-order chi connectivity index (χ1) is 5.16. The van der Waals surface area contributed by atoms with Gasteiger partial charge in [0.2, 0.25) is 11.8 Å². The van der Waals surface area contributed by atoms with Gasteiger partial charge < -0.3 is 0 Å². The van der Waals surface area contributed by atoms with E-state index in [-0.39, 0.29) is 17.9 Å². The highest BCUT2D eigenvalue weighted by Crippen LogP contribution is 2.17. The Bertz CT molecular complexity index is 239. The van der Waals surface area contributed by atoms with Gasteiger partial charge >= 0.3 is 0 Å². The van der Waals surface area contributed by atoms with Crippen molar-refractivity contribution in [2.75, 3.05) is 0 Å². The Balaban J connectivity index is 2.81. The molecule has 0 aromatic heterocycles. The first-order valence-corrected chi connectivity index (χ1v) is 3.45. The molecule has 58 valence electrons. The Morgan fingerprint density at radius 2 is 2.45 bits per heavy atom. The molecule has 1 fully saturated rings. The fraction of sp³-hybridized carbons (Fsp3) is 0.500. The molecule has 1 aliphatic heterocycles. The van der Waals surface area contributed by atoms with Crippen LogP contribution in [0.2, 0.25) is 0 Å². The SMILES string of the molecule is C#C[C@H]1CCC(=O)N1C(C)=O. The summed E-state index contributed by atoms with van der Waals surface area (Å²) in [5.74, 6) is 2.00. The summed E-state index contributed by atoms with van der Waals surface area (Å²) in [6.45, 7) is 1.35. The molecule has 1 atom stereocenters. The number of hydrogen-bond acceptors (Lipinski definition) is 2. The number of imide groups is 1. The molecule has 2 amide bonds. The van der Waals surface area contributed by atoms with Crippen LogP contribution in [0.1, 0.15) is 19.8 Å². The van der Waals surface area contributed by atoms with Crippen LogP contribution in [0, 0.1) is 12.3 Å². The Morgan fingerprint density at radius 1 is 1.82 bits per heavy atom. The molecule has 0 saturated carbocycles. The van der Waals surface area contributed by atoms with E-state index < -0.39 is 0 Å².